The smallest absolute Gasteiger partial charge is 0.120 e. The van der Waals surface area contributed by atoms with E-state index in [9.17, 15) is 0 Å². The number of nitrogens with zero attached hydrogens (tertiary/aromatic N) is 1. The molecule has 151 valence electrons. The molecule has 2 N–H and O–H groups in total. The second-order valence-corrected chi connectivity index (χ2v) is 12.0. The standard InChI is InChI=1S/C20H18NOSi.2CH4O.Ir/c1-23(2,3)14-10-11-19-17(13-14)15-7-6-8-16(20(15)22-19)18-9-4-5-12-21-18;2*1-2;/h4-7,9-13H,1-3H3;2*2H,1H3;/q-1;;;. The molecule has 2 heterocycles. The summed E-state index contributed by atoms with van der Waals surface area (Å²) in [5.74, 6) is 0. The molecule has 4 rings (SSSR count). The largest absolute Gasteiger partial charge is 0.501 e. The molecule has 0 fully saturated rings. The van der Waals surface area contributed by atoms with E-state index in [0.29, 0.717) is 0 Å². The second-order valence-electron chi connectivity index (χ2n) is 6.87. The van der Waals surface area contributed by atoms with E-state index in [1.54, 1.807) is 6.20 Å². The number of hydrogen-bond acceptors (Lipinski definition) is 4. The normalized spacial score (nSPS) is 10.4. The first-order chi connectivity index (χ1) is 13.0. The average Bonchev–Trinajstić information content (AvgIpc) is 3.09. The molecular formula is C22H26IrNO3Si-. The maximum Gasteiger partial charge on any atom is 0.120 e. The van der Waals surface area contributed by atoms with Gasteiger partial charge in [-0.2, -0.15) is 0 Å². The molecule has 1 radical (unpaired) electrons. The van der Waals surface area contributed by atoms with Crippen molar-refractivity contribution in [2.24, 2.45) is 0 Å². The first-order valence-corrected chi connectivity index (χ1v) is 12.2. The van der Waals surface area contributed by atoms with E-state index in [1.807, 2.05) is 24.3 Å². The Morgan fingerprint density at radius 3 is 2.25 bits per heavy atom. The van der Waals surface area contributed by atoms with Crippen molar-refractivity contribution in [1.29, 1.82) is 0 Å². The predicted molar refractivity (Wildman–Crippen MR) is 115 cm³/mol. The van der Waals surface area contributed by atoms with Crippen LogP contribution in [0.3, 0.4) is 0 Å². The van der Waals surface area contributed by atoms with Crippen molar-refractivity contribution in [3.63, 3.8) is 0 Å². The molecule has 0 saturated heterocycles. The number of aliphatic hydroxyl groups excluding tert-OH is 2. The molecule has 0 amide bonds. The van der Waals surface area contributed by atoms with Crippen LogP contribution >= 0.6 is 0 Å². The number of benzene rings is 2. The van der Waals surface area contributed by atoms with Gasteiger partial charge in [0.2, 0.25) is 0 Å². The van der Waals surface area contributed by atoms with Crippen LogP contribution in [0, 0.1) is 6.07 Å². The second kappa shape index (κ2) is 10.6. The third-order valence-electron chi connectivity index (χ3n) is 4.22. The summed E-state index contributed by atoms with van der Waals surface area (Å²) < 4.78 is 6.15. The Hall–Kier alpha value is -1.82. The van der Waals surface area contributed by atoms with Crippen LogP contribution in [0.4, 0.5) is 0 Å². The molecular weight excluding hydrogens is 547 g/mol. The number of pyridine rings is 1. The Labute approximate surface area is 180 Å². The van der Waals surface area contributed by atoms with Crippen LogP contribution in [-0.4, -0.2) is 37.5 Å². The molecule has 0 unspecified atom stereocenters. The molecule has 4 aromatic rings. The van der Waals surface area contributed by atoms with Gasteiger partial charge in [-0.15, -0.1) is 18.2 Å². The van der Waals surface area contributed by atoms with Gasteiger partial charge in [-0.25, -0.2) is 0 Å². The summed E-state index contributed by atoms with van der Waals surface area (Å²) in [5.41, 5.74) is 3.61. The number of aromatic nitrogens is 1. The zero-order valence-corrected chi connectivity index (χ0v) is 20.2. The Bertz CT molecular complexity index is 1010. The van der Waals surface area contributed by atoms with E-state index in [1.165, 1.54) is 10.6 Å². The zero-order valence-electron chi connectivity index (χ0n) is 16.8. The maximum absolute atomic E-state index is 7.00. The van der Waals surface area contributed by atoms with E-state index in [2.05, 4.69) is 55.0 Å². The molecule has 2 aromatic carbocycles. The van der Waals surface area contributed by atoms with Crippen LogP contribution in [0.15, 0.2) is 59.1 Å². The Balaban J connectivity index is 0.000000739. The van der Waals surface area contributed by atoms with Crippen LogP contribution < -0.4 is 5.19 Å². The number of hydrogen-bond donors (Lipinski definition) is 2. The molecule has 0 aliphatic carbocycles. The number of furan rings is 1. The predicted octanol–water partition coefficient (Wildman–Crippen LogP) is 4.21. The van der Waals surface area contributed by atoms with Crippen molar-refractivity contribution in [3.8, 4) is 11.3 Å². The molecule has 28 heavy (non-hydrogen) atoms. The van der Waals surface area contributed by atoms with Crippen molar-refractivity contribution in [1.82, 2.24) is 4.98 Å². The zero-order chi connectivity index (χ0) is 20.0. The van der Waals surface area contributed by atoms with Gasteiger partial charge in [0, 0.05) is 45.9 Å². The summed E-state index contributed by atoms with van der Waals surface area (Å²) in [6.07, 6.45) is 1.80. The minimum Gasteiger partial charge on any atom is -0.501 e. The molecule has 0 saturated carbocycles. The third kappa shape index (κ3) is 4.96. The summed E-state index contributed by atoms with van der Waals surface area (Å²) in [5, 5.41) is 17.8. The summed E-state index contributed by atoms with van der Waals surface area (Å²) in [7, 11) is 0.649. The fourth-order valence-corrected chi connectivity index (χ4v) is 4.07. The Morgan fingerprint density at radius 2 is 1.64 bits per heavy atom. The van der Waals surface area contributed by atoms with Crippen LogP contribution in [-0.2, 0) is 20.1 Å². The minimum absolute atomic E-state index is 0. The maximum atomic E-state index is 7.00. The van der Waals surface area contributed by atoms with Crippen LogP contribution in [0.2, 0.25) is 19.6 Å². The monoisotopic (exact) mass is 573 g/mol. The van der Waals surface area contributed by atoms with E-state index >= 15 is 0 Å². The first kappa shape index (κ1) is 24.2. The van der Waals surface area contributed by atoms with Gasteiger partial charge < -0.3 is 19.6 Å². The molecule has 0 spiro atoms. The minimum atomic E-state index is -1.35. The van der Waals surface area contributed by atoms with E-state index < -0.39 is 8.07 Å². The quantitative estimate of drug-likeness (QED) is 0.279. The molecule has 6 heteroatoms. The molecule has 0 aliphatic heterocycles. The van der Waals surface area contributed by atoms with Gasteiger partial charge in [-0.05, 0) is 17.8 Å². The topological polar surface area (TPSA) is 66.5 Å². The summed E-state index contributed by atoms with van der Waals surface area (Å²) in [6, 6.07) is 19.8. The van der Waals surface area contributed by atoms with Gasteiger partial charge in [0.05, 0.1) is 13.7 Å². The van der Waals surface area contributed by atoms with Gasteiger partial charge in [-0.3, -0.25) is 0 Å². The van der Waals surface area contributed by atoms with Crippen LogP contribution in [0.1, 0.15) is 0 Å². The molecule has 0 bridgehead atoms. The van der Waals surface area contributed by atoms with E-state index in [0.717, 1.165) is 42.0 Å². The SMILES string of the molecule is CO.CO.C[Si](C)(C)c1ccc2oc3c(-c4ccccn4)[c-]ccc3c2c1.[Ir]. The van der Waals surface area contributed by atoms with Gasteiger partial charge in [0.25, 0.3) is 0 Å². The van der Waals surface area contributed by atoms with Crippen LogP contribution in [0.5, 0.6) is 0 Å². The molecule has 4 nitrogen and oxygen atoms in total. The summed E-state index contributed by atoms with van der Waals surface area (Å²) in [4.78, 5) is 4.44. The van der Waals surface area contributed by atoms with Crippen molar-refractivity contribution < 1.29 is 34.7 Å². The van der Waals surface area contributed by atoms with Gasteiger partial charge in [-0.1, -0.05) is 60.0 Å². The third-order valence-corrected chi connectivity index (χ3v) is 6.26. The van der Waals surface area contributed by atoms with Crippen molar-refractivity contribution in [2.75, 3.05) is 14.2 Å². The fourth-order valence-electron chi connectivity index (χ4n) is 2.91. The van der Waals surface area contributed by atoms with Crippen molar-refractivity contribution in [2.45, 2.75) is 19.6 Å². The van der Waals surface area contributed by atoms with Gasteiger partial charge in [0.15, 0.2) is 0 Å². The number of rotatable bonds is 2. The van der Waals surface area contributed by atoms with Gasteiger partial charge >= 0.3 is 0 Å². The molecule has 0 atom stereocenters. The Morgan fingerprint density at radius 1 is 0.929 bits per heavy atom. The van der Waals surface area contributed by atoms with E-state index in [4.69, 9.17) is 14.6 Å². The average molecular weight is 573 g/mol. The van der Waals surface area contributed by atoms with E-state index in [-0.39, 0.29) is 20.1 Å². The summed E-state index contributed by atoms with van der Waals surface area (Å²) in [6.45, 7) is 7.09. The number of aliphatic hydroxyl groups is 2. The molecule has 0 aliphatic rings. The Kier molecular flexibility index (Phi) is 9.21. The van der Waals surface area contributed by atoms with Gasteiger partial charge in [0.1, 0.15) is 5.58 Å². The van der Waals surface area contributed by atoms with Crippen LogP contribution in [0.25, 0.3) is 33.2 Å². The number of fused-ring (bicyclic) bond motifs is 3. The van der Waals surface area contributed by atoms with Crippen molar-refractivity contribution in [3.05, 3.63) is 60.8 Å². The summed E-state index contributed by atoms with van der Waals surface area (Å²) >= 11 is 0. The fraction of sp³-hybridized carbons (Fsp3) is 0.227. The van der Waals surface area contributed by atoms with Crippen molar-refractivity contribution >= 4 is 35.2 Å². The molecule has 2 aromatic heterocycles. The first-order valence-electron chi connectivity index (χ1n) is 8.72.